The monoisotopic (exact) mass is 354 g/mol. The van der Waals surface area contributed by atoms with Crippen LogP contribution in [0.15, 0.2) is 29.8 Å². The fourth-order valence-electron chi connectivity index (χ4n) is 4.57. The van der Waals surface area contributed by atoms with Gasteiger partial charge in [0.2, 0.25) is 5.91 Å². The van der Waals surface area contributed by atoms with E-state index in [1.54, 1.807) is 18.7 Å². The molecule has 4 heterocycles. The molecule has 5 rings (SSSR count). The molecular weight excluding hydrogens is 332 g/mol. The van der Waals surface area contributed by atoms with E-state index in [4.69, 9.17) is 0 Å². The summed E-state index contributed by atoms with van der Waals surface area (Å²) < 4.78 is 3.36. The maximum absolute atomic E-state index is 12.9. The van der Waals surface area contributed by atoms with Gasteiger partial charge < -0.3 is 4.90 Å². The van der Waals surface area contributed by atoms with Crippen molar-refractivity contribution in [1.29, 1.82) is 0 Å². The van der Waals surface area contributed by atoms with Crippen LogP contribution < -0.4 is 5.56 Å². The molecule has 8 heteroatoms. The van der Waals surface area contributed by atoms with Crippen molar-refractivity contribution in [3.8, 4) is 0 Å². The van der Waals surface area contributed by atoms with E-state index in [0.717, 1.165) is 44.2 Å². The number of aromatic nitrogens is 5. The van der Waals surface area contributed by atoms with E-state index in [1.807, 2.05) is 9.58 Å². The largest absolute Gasteiger partial charge is 0.335 e. The molecular formula is C18H22N6O2. The van der Waals surface area contributed by atoms with Crippen LogP contribution in [0.5, 0.6) is 0 Å². The summed E-state index contributed by atoms with van der Waals surface area (Å²) in [6.45, 7) is 0.0811. The number of piperidine rings is 1. The standard InChI is InChI=1S/C18H22N6O2/c25-17-7-16(12-1-2-12)20-11-22(17)8-18(26)24-13-3-4-14(24)6-15(5-13)23-10-19-9-21-23/h7,9-15H,1-6,8H2. The smallest absolute Gasteiger partial charge is 0.254 e. The summed E-state index contributed by atoms with van der Waals surface area (Å²) >= 11 is 0. The number of nitrogens with zero attached hydrogens (tertiary/aromatic N) is 6. The summed E-state index contributed by atoms with van der Waals surface area (Å²) in [5.41, 5.74) is 0.743. The molecule has 2 aromatic rings. The average Bonchev–Trinajstić information content (AvgIpc) is 3.27. The molecule has 26 heavy (non-hydrogen) atoms. The first-order valence-electron chi connectivity index (χ1n) is 9.40. The molecule has 0 N–H and O–H groups in total. The Morgan fingerprint density at radius 3 is 2.46 bits per heavy atom. The zero-order chi connectivity index (χ0) is 17.7. The molecule has 2 bridgehead atoms. The lowest BCUT2D eigenvalue weighted by Crippen LogP contribution is -2.48. The lowest BCUT2D eigenvalue weighted by Gasteiger charge is -2.39. The highest BCUT2D eigenvalue weighted by Gasteiger charge is 2.43. The number of hydrogen-bond donors (Lipinski definition) is 0. The maximum atomic E-state index is 12.9. The summed E-state index contributed by atoms with van der Waals surface area (Å²) in [6, 6.07) is 2.35. The molecule has 8 nitrogen and oxygen atoms in total. The average molecular weight is 354 g/mol. The lowest BCUT2D eigenvalue weighted by molar-refractivity contribution is -0.137. The third-order valence-electron chi connectivity index (χ3n) is 6.01. The zero-order valence-corrected chi connectivity index (χ0v) is 14.6. The minimum atomic E-state index is -0.125. The second-order valence-corrected chi connectivity index (χ2v) is 7.74. The van der Waals surface area contributed by atoms with Crippen LogP contribution in [0.25, 0.3) is 0 Å². The van der Waals surface area contributed by atoms with Gasteiger partial charge >= 0.3 is 0 Å². The van der Waals surface area contributed by atoms with Gasteiger partial charge in [-0.2, -0.15) is 5.10 Å². The molecule has 0 spiro atoms. The van der Waals surface area contributed by atoms with Crippen molar-refractivity contribution in [3.05, 3.63) is 41.1 Å². The minimum Gasteiger partial charge on any atom is -0.335 e. The van der Waals surface area contributed by atoms with E-state index in [0.29, 0.717) is 12.0 Å². The molecule has 136 valence electrons. The molecule has 1 amide bonds. The van der Waals surface area contributed by atoms with E-state index < -0.39 is 0 Å². The molecule has 2 atom stereocenters. The number of hydrogen-bond acceptors (Lipinski definition) is 5. The third-order valence-corrected chi connectivity index (χ3v) is 6.01. The van der Waals surface area contributed by atoms with E-state index in [1.165, 1.54) is 10.9 Å². The summed E-state index contributed by atoms with van der Waals surface area (Å²) in [5, 5.41) is 4.26. The first-order chi connectivity index (χ1) is 12.7. The van der Waals surface area contributed by atoms with Gasteiger partial charge in [0.05, 0.1) is 18.1 Å². The van der Waals surface area contributed by atoms with Crippen LogP contribution in [0.4, 0.5) is 0 Å². The van der Waals surface area contributed by atoms with Crippen LogP contribution in [0.2, 0.25) is 0 Å². The van der Waals surface area contributed by atoms with Gasteiger partial charge in [0, 0.05) is 24.1 Å². The van der Waals surface area contributed by atoms with E-state index >= 15 is 0 Å². The Hall–Kier alpha value is -2.51. The summed E-state index contributed by atoms with van der Waals surface area (Å²) in [7, 11) is 0. The van der Waals surface area contributed by atoms with Gasteiger partial charge in [0.25, 0.3) is 5.56 Å². The van der Waals surface area contributed by atoms with Crippen molar-refractivity contribution >= 4 is 5.91 Å². The van der Waals surface area contributed by atoms with Crippen molar-refractivity contribution in [3.63, 3.8) is 0 Å². The second kappa shape index (κ2) is 6.03. The van der Waals surface area contributed by atoms with Crippen molar-refractivity contribution in [2.24, 2.45) is 0 Å². The predicted octanol–water partition coefficient (Wildman–Crippen LogP) is 1.11. The van der Waals surface area contributed by atoms with Crippen molar-refractivity contribution in [2.45, 2.75) is 69.1 Å². The minimum absolute atomic E-state index is 0.0256. The number of carbonyl (C=O) groups excluding carboxylic acids is 1. The molecule has 2 aliphatic heterocycles. The van der Waals surface area contributed by atoms with Crippen molar-refractivity contribution < 1.29 is 4.79 Å². The summed E-state index contributed by atoms with van der Waals surface area (Å²) in [6.07, 6.45) is 10.9. The van der Waals surface area contributed by atoms with Gasteiger partial charge in [-0.15, -0.1) is 0 Å². The van der Waals surface area contributed by atoms with Crippen molar-refractivity contribution in [1.82, 2.24) is 29.2 Å². The van der Waals surface area contributed by atoms with E-state index in [2.05, 4.69) is 15.1 Å². The number of carbonyl (C=O) groups is 1. The Morgan fingerprint density at radius 2 is 1.85 bits per heavy atom. The Kier molecular flexibility index (Phi) is 3.65. The molecule has 1 aliphatic carbocycles. The fraction of sp³-hybridized carbons (Fsp3) is 0.611. The highest BCUT2D eigenvalue weighted by molar-refractivity contribution is 5.77. The van der Waals surface area contributed by atoms with Crippen LogP contribution in [0, 0.1) is 0 Å². The number of fused-ring (bicyclic) bond motifs is 2. The molecule has 0 radical (unpaired) electrons. The first kappa shape index (κ1) is 15.7. The molecule has 2 saturated heterocycles. The van der Waals surface area contributed by atoms with Gasteiger partial charge in [-0.3, -0.25) is 14.2 Å². The molecule has 3 aliphatic rings. The number of rotatable bonds is 4. The van der Waals surface area contributed by atoms with Crippen LogP contribution >= 0.6 is 0 Å². The molecule has 3 fully saturated rings. The highest BCUT2D eigenvalue weighted by Crippen LogP contribution is 2.40. The summed E-state index contributed by atoms with van der Waals surface area (Å²) in [4.78, 5) is 35.6. The van der Waals surface area contributed by atoms with E-state index in [9.17, 15) is 9.59 Å². The van der Waals surface area contributed by atoms with Gasteiger partial charge in [0.15, 0.2) is 0 Å². The van der Waals surface area contributed by atoms with Crippen LogP contribution in [0.3, 0.4) is 0 Å². The van der Waals surface area contributed by atoms with E-state index in [-0.39, 0.29) is 30.1 Å². The lowest BCUT2D eigenvalue weighted by atomic mass is 9.97. The van der Waals surface area contributed by atoms with Crippen LogP contribution in [0.1, 0.15) is 56.2 Å². The normalized spacial score (nSPS) is 27.7. The molecule has 2 aromatic heterocycles. The molecule has 2 unspecified atom stereocenters. The second-order valence-electron chi connectivity index (χ2n) is 7.74. The van der Waals surface area contributed by atoms with Gasteiger partial charge in [0.1, 0.15) is 19.2 Å². The van der Waals surface area contributed by atoms with Gasteiger partial charge in [-0.25, -0.2) is 14.6 Å². The topological polar surface area (TPSA) is 85.9 Å². The Balaban J connectivity index is 1.30. The number of amides is 1. The van der Waals surface area contributed by atoms with Gasteiger partial charge in [-0.1, -0.05) is 0 Å². The SMILES string of the molecule is O=C(Cn1cnc(C2CC2)cc1=O)N1C2CCC1CC(n1cncn1)C2. The Labute approximate surface area is 150 Å². The zero-order valence-electron chi connectivity index (χ0n) is 14.6. The maximum Gasteiger partial charge on any atom is 0.254 e. The molecule has 1 saturated carbocycles. The summed E-state index contributed by atoms with van der Waals surface area (Å²) in [5.74, 6) is 0.470. The van der Waals surface area contributed by atoms with Gasteiger partial charge in [-0.05, 0) is 38.5 Å². The quantitative estimate of drug-likeness (QED) is 0.821. The van der Waals surface area contributed by atoms with Crippen molar-refractivity contribution in [2.75, 3.05) is 0 Å². The molecule has 0 aromatic carbocycles. The third kappa shape index (κ3) is 2.73. The van der Waals surface area contributed by atoms with Crippen LogP contribution in [-0.4, -0.2) is 47.2 Å². The fourth-order valence-corrected chi connectivity index (χ4v) is 4.57. The van der Waals surface area contributed by atoms with Crippen LogP contribution in [-0.2, 0) is 11.3 Å². The first-order valence-corrected chi connectivity index (χ1v) is 9.40. The Bertz CT molecular complexity index is 858. The highest BCUT2D eigenvalue weighted by atomic mass is 16.2. The Morgan fingerprint density at radius 1 is 1.08 bits per heavy atom. The predicted molar refractivity (Wildman–Crippen MR) is 92.4 cm³/mol.